The van der Waals surface area contributed by atoms with Gasteiger partial charge in [-0.3, -0.25) is 4.79 Å². The number of imidazole rings is 1. The molecule has 1 aromatic carbocycles. The van der Waals surface area contributed by atoms with Gasteiger partial charge in [-0.1, -0.05) is 29.4 Å². The van der Waals surface area contributed by atoms with Crippen molar-refractivity contribution < 1.29 is 9.32 Å². The molecule has 0 saturated heterocycles. The molecule has 0 radical (unpaired) electrons. The Morgan fingerprint density at radius 3 is 2.50 bits per heavy atom. The summed E-state index contributed by atoms with van der Waals surface area (Å²) in [5.41, 5.74) is 3.39. The molecule has 2 aromatic heterocycles. The van der Waals surface area contributed by atoms with Gasteiger partial charge in [-0.25, -0.2) is 4.98 Å². The van der Waals surface area contributed by atoms with E-state index >= 15 is 0 Å². The van der Waals surface area contributed by atoms with Gasteiger partial charge < -0.3 is 9.51 Å². The van der Waals surface area contributed by atoms with Crippen LogP contribution in [0.15, 0.2) is 41.2 Å². The first-order valence-electron chi connectivity index (χ1n) is 6.24. The first-order valence-corrected chi connectivity index (χ1v) is 6.24. The molecule has 2 heterocycles. The molecule has 0 unspecified atom stereocenters. The predicted octanol–water partition coefficient (Wildman–Crippen LogP) is 2.91. The zero-order chi connectivity index (χ0) is 14.1. The summed E-state index contributed by atoms with van der Waals surface area (Å²) in [7, 11) is 0. The SMILES string of the molecule is Cc1noc(C)c1-c1ccc(C(=O)c2ncc[nH]2)cc1. The molecule has 0 aliphatic heterocycles. The summed E-state index contributed by atoms with van der Waals surface area (Å²) >= 11 is 0. The maximum atomic E-state index is 12.1. The third-order valence-electron chi connectivity index (χ3n) is 3.18. The average Bonchev–Trinajstić information content (AvgIpc) is 3.09. The quantitative estimate of drug-likeness (QED) is 0.740. The van der Waals surface area contributed by atoms with Gasteiger partial charge in [0.25, 0.3) is 0 Å². The van der Waals surface area contributed by atoms with Crippen molar-refractivity contribution in [3.63, 3.8) is 0 Å². The Kier molecular flexibility index (Phi) is 2.95. The smallest absolute Gasteiger partial charge is 0.228 e. The fourth-order valence-corrected chi connectivity index (χ4v) is 2.21. The number of nitrogens with zero attached hydrogens (tertiary/aromatic N) is 2. The van der Waals surface area contributed by atoms with Crippen LogP contribution in [0.5, 0.6) is 0 Å². The normalized spacial score (nSPS) is 10.7. The first kappa shape index (κ1) is 12.3. The van der Waals surface area contributed by atoms with E-state index in [1.54, 1.807) is 24.5 Å². The third-order valence-corrected chi connectivity index (χ3v) is 3.18. The van der Waals surface area contributed by atoms with Crippen molar-refractivity contribution in [1.82, 2.24) is 15.1 Å². The summed E-state index contributed by atoms with van der Waals surface area (Å²) < 4.78 is 5.15. The number of aromatic nitrogens is 3. The number of carbonyl (C=O) groups excluding carboxylic acids is 1. The lowest BCUT2D eigenvalue weighted by Gasteiger charge is -2.02. The summed E-state index contributed by atoms with van der Waals surface area (Å²) in [5.74, 6) is 0.989. The highest BCUT2D eigenvalue weighted by Crippen LogP contribution is 2.27. The second-order valence-electron chi connectivity index (χ2n) is 4.54. The first-order chi connectivity index (χ1) is 9.66. The van der Waals surface area contributed by atoms with Crippen LogP contribution < -0.4 is 0 Å². The molecule has 5 nitrogen and oxygen atoms in total. The molecule has 3 rings (SSSR count). The van der Waals surface area contributed by atoms with Crippen molar-refractivity contribution >= 4 is 5.78 Å². The van der Waals surface area contributed by atoms with Crippen LogP contribution in [0, 0.1) is 13.8 Å². The Labute approximate surface area is 115 Å². The Hall–Kier alpha value is -2.69. The zero-order valence-corrected chi connectivity index (χ0v) is 11.2. The highest BCUT2D eigenvalue weighted by Gasteiger charge is 2.14. The van der Waals surface area contributed by atoms with E-state index in [9.17, 15) is 4.79 Å². The lowest BCUT2D eigenvalue weighted by Crippen LogP contribution is -2.03. The molecule has 5 heteroatoms. The van der Waals surface area contributed by atoms with Crippen LogP contribution in [0.2, 0.25) is 0 Å². The molecule has 20 heavy (non-hydrogen) atoms. The zero-order valence-electron chi connectivity index (χ0n) is 11.2. The maximum absolute atomic E-state index is 12.1. The van der Waals surface area contributed by atoms with Crippen LogP contribution in [0.4, 0.5) is 0 Å². The van der Waals surface area contributed by atoms with Gasteiger partial charge in [0.1, 0.15) is 5.76 Å². The molecule has 1 N–H and O–H groups in total. The average molecular weight is 267 g/mol. The van der Waals surface area contributed by atoms with Gasteiger partial charge in [-0.2, -0.15) is 0 Å². The number of ketones is 1. The molecule has 0 amide bonds. The highest BCUT2D eigenvalue weighted by molar-refractivity contribution is 6.06. The number of aromatic amines is 1. The summed E-state index contributed by atoms with van der Waals surface area (Å²) in [6.45, 7) is 3.77. The van der Waals surface area contributed by atoms with Gasteiger partial charge in [-0.15, -0.1) is 0 Å². The minimum Gasteiger partial charge on any atom is -0.361 e. The standard InChI is InChI=1S/C15H13N3O2/c1-9-13(10(2)20-18-9)11-3-5-12(6-4-11)14(19)15-16-7-8-17-15/h3-8H,1-2H3,(H,16,17). The van der Waals surface area contributed by atoms with Crippen LogP contribution in [0.1, 0.15) is 27.6 Å². The lowest BCUT2D eigenvalue weighted by molar-refractivity contribution is 0.103. The van der Waals surface area contributed by atoms with Crippen LogP contribution in [0.25, 0.3) is 11.1 Å². The van der Waals surface area contributed by atoms with Crippen molar-refractivity contribution in [3.05, 3.63) is 59.5 Å². The maximum Gasteiger partial charge on any atom is 0.228 e. The second kappa shape index (κ2) is 4.77. The number of rotatable bonds is 3. The molecule has 0 aliphatic rings. The molecule has 0 aliphatic carbocycles. The fourth-order valence-electron chi connectivity index (χ4n) is 2.21. The monoisotopic (exact) mass is 267 g/mol. The van der Waals surface area contributed by atoms with Crippen molar-refractivity contribution in [2.75, 3.05) is 0 Å². The highest BCUT2D eigenvalue weighted by atomic mass is 16.5. The van der Waals surface area contributed by atoms with E-state index in [1.807, 2.05) is 26.0 Å². The number of aryl methyl sites for hydroxylation is 2. The molecule has 0 spiro atoms. The summed E-state index contributed by atoms with van der Waals surface area (Å²) in [6, 6.07) is 7.35. The largest absolute Gasteiger partial charge is 0.361 e. The Morgan fingerprint density at radius 2 is 1.95 bits per heavy atom. The fraction of sp³-hybridized carbons (Fsp3) is 0.133. The third kappa shape index (κ3) is 2.03. The van der Waals surface area contributed by atoms with E-state index in [2.05, 4.69) is 15.1 Å². The van der Waals surface area contributed by atoms with Crippen molar-refractivity contribution in [2.24, 2.45) is 0 Å². The van der Waals surface area contributed by atoms with E-state index < -0.39 is 0 Å². The van der Waals surface area contributed by atoms with Gasteiger partial charge in [0.05, 0.1) is 5.69 Å². The number of H-pyrrole nitrogens is 1. The molecular weight excluding hydrogens is 254 g/mol. The Balaban J connectivity index is 1.94. The van der Waals surface area contributed by atoms with Crippen molar-refractivity contribution in [1.29, 1.82) is 0 Å². The van der Waals surface area contributed by atoms with Crippen LogP contribution >= 0.6 is 0 Å². The minimum absolute atomic E-state index is 0.125. The molecule has 0 atom stereocenters. The minimum atomic E-state index is -0.125. The van der Waals surface area contributed by atoms with E-state index in [0.29, 0.717) is 11.4 Å². The predicted molar refractivity (Wildman–Crippen MR) is 73.4 cm³/mol. The summed E-state index contributed by atoms with van der Waals surface area (Å²) in [5, 5.41) is 3.93. The van der Waals surface area contributed by atoms with Gasteiger partial charge in [-0.05, 0) is 19.4 Å². The molecule has 0 fully saturated rings. The van der Waals surface area contributed by atoms with E-state index in [1.165, 1.54) is 0 Å². The van der Waals surface area contributed by atoms with Crippen molar-refractivity contribution in [2.45, 2.75) is 13.8 Å². The molecular formula is C15H13N3O2. The number of hydrogen-bond acceptors (Lipinski definition) is 4. The van der Waals surface area contributed by atoms with Gasteiger partial charge in [0, 0.05) is 23.5 Å². The Bertz CT molecular complexity index is 721. The van der Waals surface area contributed by atoms with Crippen LogP contribution in [-0.4, -0.2) is 20.9 Å². The molecule has 100 valence electrons. The van der Waals surface area contributed by atoms with E-state index in [-0.39, 0.29) is 5.78 Å². The van der Waals surface area contributed by atoms with Crippen LogP contribution in [-0.2, 0) is 0 Å². The van der Waals surface area contributed by atoms with Gasteiger partial charge in [0.15, 0.2) is 5.82 Å². The lowest BCUT2D eigenvalue weighted by atomic mass is 10.0. The van der Waals surface area contributed by atoms with Crippen molar-refractivity contribution in [3.8, 4) is 11.1 Å². The van der Waals surface area contributed by atoms with E-state index in [0.717, 1.165) is 22.6 Å². The topological polar surface area (TPSA) is 71.8 Å². The summed E-state index contributed by atoms with van der Waals surface area (Å²) in [6.07, 6.45) is 3.19. The second-order valence-corrected chi connectivity index (χ2v) is 4.54. The summed E-state index contributed by atoms with van der Waals surface area (Å²) in [4.78, 5) is 18.9. The Morgan fingerprint density at radius 1 is 1.20 bits per heavy atom. The van der Waals surface area contributed by atoms with Gasteiger partial charge in [0.2, 0.25) is 5.78 Å². The van der Waals surface area contributed by atoms with E-state index in [4.69, 9.17) is 4.52 Å². The number of nitrogens with one attached hydrogen (secondary N) is 1. The number of hydrogen-bond donors (Lipinski definition) is 1. The van der Waals surface area contributed by atoms with Crippen LogP contribution in [0.3, 0.4) is 0 Å². The van der Waals surface area contributed by atoms with Gasteiger partial charge >= 0.3 is 0 Å². The molecule has 0 bridgehead atoms. The number of carbonyl (C=O) groups is 1. The molecule has 0 saturated carbocycles. The molecule has 3 aromatic rings. The number of benzene rings is 1.